The maximum atomic E-state index is 11.8. The normalized spacial score (nSPS) is 12.1. The lowest BCUT2D eigenvalue weighted by Crippen LogP contribution is -2.39. The molecule has 5 nitrogen and oxygen atoms in total. The Kier molecular flexibility index (Phi) is 14.1. The Hall–Kier alpha value is -1.31. The molecule has 148 valence electrons. The number of hydrogen-bond donors (Lipinski definition) is 3. The second-order valence-electron chi connectivity index (χ2n) is 6.28. The quantitative estimate of drug-likeness (QED) is 0.274. The van der Waals surface area contributed by atoms with Crippen LogP contribution in [0, 0.1) is 5.92 Å². The molecule has 0 aliphatic carbocycles. The SMILES string of the molecule is CCCCC(CC)CNC(=NC)NCc1ccc(C(=O)NCC)cc1.I. The molecule has 0 heterocycles. The molecule has 1 aromatic carbocycles. The van der Waals surface area contributed by atoms with Gasteiger partial charge in [0.05, 0.1) is 0 Å². The van der Waals surface area contributed by atoms with Gasteiger partial charge >= 0.3 is 0 Å². The number of halogens is 1. The minimum Gasteiger partial charge on any atom is -0.356 e. The van der Waals surface area contributed by atoms with Gasteiger partial charge in [0.15, 0.2) is 5.96 Å². The summed E-state index contributed by atoms with van der Waals surface area (Å²) in [6.07, 6.45) is 4.98. The van der Waals surface area contributed by atoms with Crippen LogP contribution in [0.1, 0.15) is 62.4 Å². The van der Waals surface area contributed by atoms with Crippen LogP contribution in [0.3, 0.4) is 0 Å². The van der Waals surface area contributed by atoms with E-state index in [4.69, 9.17) is 0 Å². The van der Waals surface area contributed by atoms with Crippen molar-refractivity contribution in [2.75, 3.05) is 20.1 Å². The van der Waals surface area contributed by atoms with Crippen LogP contribution in [0.25, 0.3) is 0 Å². The van der Waals surface area contributed by atoms with Crippen molar-refractivity contribution in [2.24, 2.45) is 10.9 Å². The highest BCUT2D eigenvalue weighted by molar-refractivity contribution is 14.0. The third-order valence-electron chi connectivity index (χ3n) is 4.34. The predicted octanol–water partition coefficient (Wildman–Crippen LogP) is 3.94. The highest BCUT2D eigenvalue weighted by Gasteiger charge is 2.07. The lowest BCUT2D eigenvalue weighted by molar-refractivity contribution is 0.0956. The standard InChI is InChI=1S/C20H34N4O.HI/c1-5-8-9-16(6-2)14-23-20(21-4)24-15-17-10-12-18(13-11-17)19(25)22-7-3;/h10-13,16H,5-9,14-15H2,1-4H3,(H,22,25)(H2,21,23,24);1H. The molecule has 26 heavy (non-hydrogen) atoms. The summed E-state index contributed by atoms with van der Waals surface area (Å²) in [6, 6.07) is 7.66. The molecule has 3 N–H and O–H groups in total. The molecule has 0 bridgehead atoms. The summed E-state index contributed by atoms with van der Waals surface area (Å²) in [7, 11) is 1.79. The fourth-order valence-electron chi connectivity index (χ4n) is 2.63. The van der Waals surface area contributed by atoms with Gasteiger partial charge in [0.2, 0.25) is 0 Å². The zero-order valence-electron chi connectivity index (χ0n) is 16.6. The Morgan fingerprint density at radius 1 is 1.08 bits per heavy atom. The van der Waals surface area contributed by atoms with Gasteiger partial charge in [-0.15, -0.1) is 24.0 Å². The fourth-order valence-corrected chi connectivity index (χ4v) is 2.63. The van der Waals surface area contributed by atoms with Crippen LogP contribution in [-0.2, 0) is 6.54 Å². The number of carbonyl (C=O) groups excluding carboxylic acids is 1. The van der Waals surface area contributed by atoms with E-state index >= 15 is 0 Å². The van der Waals surface area contributed by atoms with Gasteiger partial charge in [-0.1, -0.05) is 45.2 Å². The van der Waals surface area contributed by atoms with Crippen LogP contribution in [0.4, 0.5) is 0 Å². The van der Waals surface area contributed by atoms with E-state index in [1.54, 1.807) is 7.05 Å². The minimum absolute atomic E-state index is 0. The van der Waals surface area contributed by atoms with E-state index in [0.29, 0.717) is 24.6 Å². The number of benzene rings is 1. The molecule has 0 aromatic heterocycles. The zero-order chi connectivity index (χ0) is 18.5. The number of hydrogen-bond acceptors (Lipinski definition) is 2. The van der Waals surface area contributed by atoms with Crippen molar-refractivity contribution >= 4 is 35.8 Å². The summed E-state index contributed by atoms with van der Waals surface area (Å²) >= 11 is 0. The zero-order valence-corrected chi connectivity index (χ0v) is 18.9. The Bertz CT molecular complexity index is 531. The van der Waals surface area contributed by atoms with Crippen LogP contribution in [0.2, 0.25) is 0 Å². The van der Waals surface area contributed by atoms with Gasteiger partial charge in [-0.25, -0.2) is 0 Å². The van der Waals surface area contributed by atoms with Gasteiger partial charge in [0.25, 0.3) is 5.91 Å². The molecule has 0 fully saturated rings. The molecule has 0 saturated carbocycles. The second kappa shape index (κ2) is 14.8. The monoisotopic (exact) mass is 474 g/mol. The van der Waals surface area contributed by atoms with Gasteiger partial charge in [-0.05, 0) is 37.0 Å². The first-order chi connectivity index (χ1) is 12.1. The van der Waals surface area contributed by atoms with E-state index in [-0.39, 0.29) is 29.9 Å². The molecular formula is C20H35IN4O. The number of rotatable bonds is 10. The minimum atomic E-state index is -0.0304. The maximum Gasteiger partial charge on any atom is 0.251 e. The molecule has 0 aliphatic heterocycles. The van der Waals surface area contributed by atoms with Crippen molar-refractivity contribution in [3.05, 3.63) is 35.4 Å². The molecule has 0 saturated heterocycles. The number of carbonyl (C=O) groups is 1. The Morgan fingerprint density at radius 3 is 2.31 bits per heavy atom. The molecule has 1 unspecified atom stereocenters. The largest absolute Gasteiger partial charge is 0.356 e. The number of amides is 1. The van der Waals surface area contributed by atoms with Crippen molar-refractivity contribution in [2.45, 2.75) is 53.0 Å². The van der Waals surface area contributed by atoms with Crippen LogP contribution in [0.15, 0.2) is 29.3 Å². The van der Waals surface area contributed by atoms with Crippen molar-refractivity contribution < 1.29 is 4.79 Å². The van der Waals surface area contributed by atoms with Crippen LogP contribution >= 0.6 is 24.0 Å². The number of nitrogens with one attached hydrogen (secondary N) is 3. The Balaban J connectivity index is 0.00000625. The van der Waals surface area contributed by atoms with E-state index < -0.39 is 0 Å². The van der Waals surface area contributed by atoms with E-state index in [1.165, 1.54) is 25.7 Å². The summed E-state index contributed by atoms with van der Waals surface area (Å²) in [5.74, 6) is 1.48. The first-order valence-corrected chi connectivity index (χ1v) is 9.46. The molecule has 1 amide bonds. The summed E-state index contributed by atoms with van der Waals surface area (Å²) < 4.78 is 0. The van der Waals surface area contributed by atoms with Gasteiger partial charge in [-0.2, -0.15) is 0 Å². The lowest BCUT2D eigenvalue weighted by atomic mass is 9.99. The number of unbranched alkanes of at least 4 members (excludes halogenated alkanes) is 1. The van der Waals surface area contributed by atoms with Crippen LogP contribution in [-0.4, -0.2) is 32.0 Å². The molecule has 1 atom stereocenters. The predicted molar refractivity (Wildman–Crippen MR) is 121 cm³/mol. The lowest BCUT2D eigenvalue weighted by Gasteiger charge is -2.18. The van der Waals surface area contributed by atoms with Crippen LogP contribution in [0.5, 0.6) is 0 Å². The number of guanidine groups is 1. The molecule has 0 spiro atoms. The van der Waals surface area contributed by atoms with Gasteiger partial charge in [-0.3, -0.25) is 9.79 Å². The Labute approximate surface area is 175 Å². The van der Waals surface area contributed by atoms with Gasteiger partial charge in [0, 0.05) is 32.2 Å². The third kappa shape index (κ3) is 9.40. The topological polar surface area (TPSA) is 65.5 Å². The summed E-state index contributed by atoms with van der Waals surface area (Å²) in [5.41, 5.74) is 1.81. The van der Waals surface area contributed by atoms with Gasteiger partial charge in [0.1, 0.15) is 0 Å². The van der Waals surface area contributed by atoms with Crippen molar-refractivity contribution in [3.8, 4) is 0 Å². The van der Waals surface area contributed by atoms with Crippen molar-refractivity contribution in [1.29, 1.82) is 0 Å². The van der Waals surface area contributed by atoms with E-state index in [1.807, 2.05) is 31.2 Å². The third-order valence-corrected chi connectivity index (χ3v) is 4.34. The van der Waals surface area contributed by atoms with Crippen molar-refractivity contribution in [1.82, 2.24) is 16.0 Å². The van der Waals surface area contributed by atoms with Gasteiger partial charge < -0.3 is 16.0 Å². The fraction of sp³-hybridized carbons (Fsp3) is 0.600. The summed E-state index contributed by atoms with van der Waals surface area (Å²) in [4.78, 5) is 16.1. The van der Waals surface area contributed by atoms with Crippen molar-refractivity contribution in [3.63, 3.8) is 0 Å². The van der Waals surface area contributed by atoms with E-state index in [0.717, 1.165) is 18.1 Å². The highest BCUT2D eigenvalue weighted by atomic mass is 127. The average molecular weight is 474 g/mol. The summed E-state index contributed by atoms with van der Waals surface area (Å²) in [6.45, 7) is 8.67. The molecule has 6 heteroatoms. The molecule has 0 radical (unpaired) electrons. The first-order valence-electron chi connectivity index (χ1n) is 9.46. The molecule has 0 aliphatic rings. The first kappa shape index (κ1) is 24.7. The summed E-state index contributed by atoms with van der Waals surface area (Å²) in [5, 5.41) is 9.56. The van der Waals surface area contributed by atoms with Crippen LogP contribution < -0.4 is 16.0 Å². The van der Waals surface area contributed by atoms with E-state index in [2.05, 4.69) is 34.8 Å². The Morgan fingerprint density at radius 2 is 1.77 bits per heavy atom. The average Bonchev–Trinajstić information content (AvgIpc) is 2.64. The number of nitrogens with zero attached hydrogens (tertiary/aromatic N) is 1. The molecule has 1 rings (SSSR count). The smallest absolute Gasteiger partial charge is 0.251 e. The highest BCUT2D eigenvalue weighted by Crippen LogP contribution is 2.11. The molecule has 1 aromatic rings. The number of aliphatic imine (C=N–C) groups is 1. The second-order valence-corrected chi connectivity index (χ2v) is 6.28. The van der Waals surface area contributed by atoms with E-state index in [9.17, 15) is 4.79 Å². The molecular weight excluding hydrogens is 439 g/mol. The maximum absolute atomic E-state index is 11.8.